The number of para-hydroxylation sites is 4. The molecule has 11 heterocycles. The Morgan fingerprint density at radius 3 is 1.20 bits per heavy atom. The molecule has 11 nitrogen and oxygen atoms in total. The summed E-state index contributed by atoms with van der Waals surface area (Å²) in [5, 5.41) is 22.6. The van der Waals surface area contributed by atoms with Crippen LogP contribution in [-0.4, -0.2) is 37.3 Å². The van der Waals surface area contributed by atoms with Crippen LogP contribution >= 0.6 is 22.7 Å². The van der Waals surface area contributed by atoms with Gasteiger partial charge in [0.05, 0.1) is 55.2 Å². The summed E-state index contributed by atoms with van der Waals surface area (Å²) in [7, 11) is 0. The lowest BCUT2D eigenvalue weighted by molar-refractivity contribution is 0.954. The molecule has 0 aliphatic carbocycles. The zero-order chi connectivity index (χ0) is 87.0. The standard InChI is InChI=1S/C120H64N8O3S2/c129-117-86-32-11-10-28-78(86)96-56-76(59-98-89-52-71(41-47-103(89)126(117)113(96)98)72-42-48-109-94(53-72)82-31-14-17-37-108(82)132-109)73-43-49-110-95(54-73)83-45-39-74(60-111(83)133-110)69-40-46-87-88(51-69)97-57-75(58-99-91-61-90-80-29-12-15-35-101(80)124(77-26-8-3-9-27-77)106(90)64-107(91)128(114(97)99)118(87)130)68-25-18-24-67(50-68)70-38-44-79-84-33-19-34-85-93-63-104-92(62-105(93)127(112(84)85)119(131)100(79)55-70)81-30-13-16-36-102(81)125(104)120-122-115(65-20-4-1-5-21-65)121-116(123-120)66-22-6-2-7-23-66/h1-64H. The van der Waals surface area contributed by atoms with Gasteiger partial charge in [0.15, 0.2) is 11.6 Å². The minimum Gasteiger partial charge on any atom is -0.309 e. The van der Waals surface area contributed by atoms with Gasteiger partial charge >= 0.3 is 0 Å². The summed E-state index contributed by atoms with van der Waals surface area (Å²) < 4.78 is 15.2. The second kappa shape index (κ2) is 26.9. The molecule has 30 aromatic rings. The molecule has 0 unspecified atom stereocenters. The first kappa shape index (κ1) is 72.6. The highest BCUT2D eigenvalue weighted by Crippen LogP contribution is 2.49. The fraction of sp³-hybridized carbons (Fsp3) is 0. The van der Waals surface area contributed by atoms with Gasteiger partial charge in [-0.3, -0.25) is 32.2 Å². The van der Waals surface area contributed by atoms with Crippen molar-refractivity contribution < 1.29 is 0 Å². The number of rotatable bonds is 9. The summed E-state index contributed by atoms with van der Waals surface area (Å²) in [6.07, 6.45) is 0. The van der Waals surface area contributed by atoms with Gasteiger partial charge < -0.3 is 4.57 Å². The highest BCUT2D eigenvalue weighted by atomic mass is 32.1. The van der Waals surface area contributed by atoms with Gasteiger partial charge in [0.25, 0.3) is 16.7 Å². The second-order valence-corrected chi connectivity index (χ2v) is 37.7. The molecular formula is C120H64N8O3S2. The van der Waals surface area contributed by atoms with Gasteiger partial charge in [-0.2, -0.15) is 9.97 Å². The molecule has 0 N–H and O–H groups in total. The number of benzene rings is 19. The van der Waals surface area contributed by atoms with Gasteiger partial charge in [-0.15, -0.1) is 22.7 Å². The molecule has 13 heteroatoms. The summed E-state index contributed by atoms with van der Waals surface area (Å²) >= 11 is 3.61. The number of pyridine rings is 3. The van der Waals surface area contributed by atoms with Crippen LogP contribution in [0.25, 0.3) is 288 Å². The molecular weight excluding hydrogens is 1670 g/mol. The molecule has 0 bridgehead atoms. The summed E-state index contributed by atoms with van der Waals surface area (Å²) in [6.45, 7) is 0. The largest absolute Gasteiger partial charge is 0.309 e. The van der Waals surface area contributed by atoms with Crippen LogP contribution in [0.1, 0.15) is 0 Å². The smallest absolute Gasteiger partial charge is 0.263 e. The number of aromatic nitrogens is 8. The third-order valence-electron chi connectivity index (χ3n) is 28.5. The molecule has 0 aliphatic rings. The van der Waals surface area contributed by atoms with Crippen LogP contribution in [0.4, 0.5) is 0 Å². The molecule has 0 radical (unpaired) electrons. The van der Waals surface area contributed by atoms with Crippen molar-refractivity contribution in [1.29, 1.82) is 0 Å². The molecule has 0 spiro atoms. The monoisotopic (exact) mass is 1730 g/mol. The Hall–Kier alpha value is -17.4. The Bertz CT molecular complexity index is 10600. The highest BCUT2D eigenvalue weighted by molar-refractivity contribution is 7.26. The zero-order valence-electron chi connectivity index (χ0n) is 70.6. The maximum Gasteiger partial charge on any atom is 0.263 e. The van der Waals surface area contributed by atoms with E-state index in [0.717, 1.165) is 224 Å². The molecule has 0 amide bonds. The Morgan fingerprint density at radius 1 is 0.173 bits per heavy atom. The minimum atomic E-state index is -0.0974. The van der Waals surface area contributed by atoms with E-state index in [4.69, 9.17) is 15.0 Å². The van der Waals surface area contributed by atoms with Gasteiger partial charge in [0.2, 0.25) is 5.95 Å². The third-order valence-corrected chi connectivity index (χ3v) is 30.8. The first-order valence-electron chi connectivity index (χ1n) is 44.8. The van der Waals surface area contributed by atoms with Gasteiger partial charge in [-0.25, -0.2) is 4.98 Å². The first-order chi connectivity index (χ1) is 65.6. The maximum absolute atomic E-state index is 16.1. The Kier molecular flexibility index (Phi) is 14.7. The van der Waals surface area contributed by atoms with Crippen molar-refractivity contribution in [2.45, 2.75) is 0 Å². The van der Waals surface area contributed by atoms with Crippen molar-refractivity contribution in [3.8, 4) is 90.0 Å². The van der Waals surface area contributed by atoms with Crippen LogP contribution in [0.5, 0.6) is 0 Å². The van der Waals surface area contributed by atoms with E-state index in [1.165, 1.54) is 30.3 Å². The van der Waals surface area contributed by atoms with Crippen molar-refractivity contribution in [2.24, 2.45) is 0 Å². The average Bonchev–Trinajstić information content (AvgIpc) is 1.54. The molecule has 0 saturated heterocycles. The van der Waals surface area contributed by atoms with Crippen molar-refractivity contribution in [2.75, 3.05) is 0 Å². The number of fused-ring (bicyclic) bond motifs is 27. The second-order valence-electron chi connectivity index (χ2n) is 35.5. The third kappa shape index (κ3) is 10.3. The predicted molar refractivity (Wildman–Crippen MR) is 555 cm³/mol. The SMILES string of the molecule is O=c1c2ccccc2c2cc(-c3ccc4sc5cc(-c6ccc7c(=O)n8c9cc%10c(cc9c9cc(-c%11cccc(-c%12ccc%13c(c%12)c(=O)n%12c%14cc%15c%16ccccc%16n(-c%16nc(-c%17ccccc%17)nc(-c%17ccccc%17)n%16)c%15cc%14c%14cccc%13c%14%12)c%11)cc(c7c6)c98)c6ccccc6n%10-c6ccccc6)ccc5c4c3)cc3c4cc(-c5ccc6sc7ccccc7c6c5)ccc4n1c23. The number of nitrogens with zero attached hydrogens (tertiary/aromatic N) is 8. The molecule has 0 fully saturated rings. The fourth-order valence-corrected chi connectivity index (χ4v) is 24.7. The van der Waals surface area contributed by atoms with E-state index in [2.05, 4.69) is 300 Å². The van der Waals surface area contributed by atoms with Gasteiger partial charge in [-0.1, -0.05) is 237 Å². The molecule has 0 saturated carbocycles. The number of hydrogen-bond acceptors (Lipinski definition) is 8. The van der Waals surface area contributed by atoms with Gasteiger partial charge in [0, 0.05) is 143 Å². The van der Waals surface area contributed by atoms with Crippen molar-refractivity contribution in [3.63, 3.8) is 0 Å². The molecule has 19 aromatic carbocycles. The summed E-state index contributed by atoms with van der Waals surface area (Å²) in [6, 6.07) is 137. The Balaban J connectivity index is 0.563. The molecule has 11 aromatic heterocycles. The molecule has 30 rings (SSSR count). The normalized spacial score (nSPS) is 12.5. The van der Waals surface area contributed by atoms with Crippen molar-refractivity contribution in [3.05, 3.63) is 419 Å². The van der Waals surface area contributed by atoms with E-state index in [9.17, 15) is 4.79 Å². The van der Waals surface area contributed by atoms with E-state index in [1.807, 2.05) is 122 Å². The Morgan fingerprint density at radius 2 is 0.534 bits per heavy atom. The van der Waals surface area contributed by atoms with Crippen LogP contribution < -0.4 is 16.7 Å². The fourth-order valence-electron chi connectivity index (χ4n) is 22.5. The molecule has 614 valence electrons. The van der Waals surface area contributed by atoms with Crippen LogP contribution in [0.3, 0.4) is 0 Å². The lowest BCUT2D eigenvalue weighted by atomic mass is 9.93. The minimum absolute atomic E-state index is 0.0149. The van der Waals surface area contributed by atoms with Crippen LogP contribution in [0.2, 0.25) is 0 Å². The van der Waals surface area contributed by atoms with Crippen LogP contribution in [0.15, 0.2) is 403 Å². The maximum atomic E-state index is 16.1. The highest BCUT2D eigenvalue weighted by Gasteiger charge is 2.29. The molecule has 0 aliphatic heterocycles. The summed E-state index contributed by atoms with van der Waals surface area (Å²) in [5.74, 6) is 1.63. The lowest BCUT2D eigenvalue weighted by Crippen LogP contribution is -2.13. The van der Waals surface area contributed by atoms with Crippen molar-refractivity contribution in [1.82, 2.24) is 37.3 Å². The van der Waals surface area contributed by atoms with E-state index < -0.39 is 0 Å². The topological polar surface area (TPSA) is 113 Å². The lowest BCUT2D eigenvalue weighted by Gasteiger charge is -2.12. The quantitative estimate of drug-likeness (QED) is 0.133. The average molecular weight is 1730 g/mol. The Labute approximate surface area is 761 Å². The van der Waals surface area contributed by atoms with E-state index in [1.54, 1.807) is 11.3 Å². The zero-order valence-corrected chi connectivity index (χ0v) is 72.2. The van der Waals surface area contributed by atoms with E-state index >= 15 is 9.59 Å². The summed E-state index contributed by atoms with van der Waals surface area (Å²) in [4.78, 5) is 62.4. The molecule has 133 heavy (non-hydrogen) atoms. The molecule has 0 atom stereocenters. The van der Waals surface area contributed by atoms with Crippen LogP contribution in [0, 0.1) is 0 Å². The summed E-state index contributed by atoms with van der Waals surface area (Å²) in [5.41, 5.74) is 22.1. The van der Waals surface area contributed by atoms with E-state index in [0.29, 0.717) is 33.8 Å². The van der Waals surface area contributed by atoms with Gasteiger partial charge in [0.1, 0.15) is 0 Å². The van der Waals surface area contributed by atoms with Crippen molar-refractivity contribution >= 4 is 221 Å². The van der Waals surface area contributed by atoms with Crippen LogP contribution in [-0.2, 0) is 0 Å². The first-order valence-corrected chi connectivity index (χ1v) is 46.4. The van der Waals surface area contributed by atoms with Gasteiger partial charge in [-0.05, 0) is 223 Å². The van der Waals surface area contributed by atoms with E-state index in [-0.39, 0.29) is 16.7 Å². The number of thiophene rings is 2. The predicted octanol–water partition coefficient (Wildman–Crippen LogP) is 30.0. The number of hydrogen-bond donors (Lipinski definition) is 0.